The van der Waals surface area contributed by atoms with Crippen molar-refractivity contribution >= 4 is 21.8 Å². The monoisotopic (exact) mass is 569 g/mol. The Labute approximate surface area is 258 Å². The van der Waals surface area contributed by atoms with Gasteiger partial charge in [0.05, 0.1) is 22.8 Å². The molecule has 44 heavy (non-hydrogen) atoms. The zero-order chi connectivity index (χ0) is 29.8. The highest BCUT2D eigenvalue weighted by atomic mass is 14.9. The summed E-state index contributed by atoms with van der Waals surface area (Å²) in [5.74, 6) is 0. The second-order valence-corrected chi connectivity index (χ2v) is 12.7. The van der Waals surface area contributed by atoms with E-state index in [2.05, 4.69) is 147 Å². The average Bonchev–Trinajstić information content (AvgIpc) is 3.35. The molecule has 0 atom stereocenters. The first-order chi connectivity index (χ1) is 21.4. The fourth-order valence-electron chi connectivity index (χ4n) is 6.86. The van der Waals surface area contributed by atoms with E-state index in [1.54, 1.807) is 0 Å². The van der Waals surface area contributed by atoms with Crippen molar-refractivity contribution in [1.29, 1.82) is 0 Å². The molecular weight excluding hydrogens is 534 g/mol. The van der Waals surface area contributed by atoms with Gasteiger partial charge in [-0.3, -0.25) is 9.97 Å². The average molecular weight is 570 g/mol. The summed E-state index contributed by atoms with van der Waals surface area (Å²) >= 11 is 0. The molecule has 0 saturated carbocycles. The molecule has 14 rings (SSSR count). The maximum atomic E-state index is 5.16. The Bertz CT molecular complexity index is 2170. The van der Waals surface area contributed by atoms with Gasteiger partial charge < -0.3 is 4.57 Å². The third-order valence-corrected chi connectivity index (χ3v) is 9.55. The van der Waals surface area contributed by atoms with E-state index in [-0.39, 0.29) is 5.41 Å². The maximum absolute atomic E-state index is 5.16. The summed E-state index contributed by atoms with van der Waals surface area (Å²) in [7, 11) is 2.20. The van der Waals surface area contributed by atoms with Gasteiger partial charge in [-0.25, -0.2) is 0 Å². The highest BCUT2D eigenvalue weighted by molar-refractivity contribution is 6.09. The van der Waals surface area contributed by atoms with Crippen molar-refractivity contribution in [2.24, 2.45) is 7.05 Å². The summed E-state index contributed by atoms with van der Waals surface area (Å²) in [6.45, 7) is 4.43. The summed E-state index contributed by atoms with van der Waals surface area (Å²) in [5.41, 5.74) is 13.9. The number of aromatic nitrogens is 3. The molecule has 7 aliphatic rings. The van der Waals surface area contributed by atoms with Crippen molar-refractivity contribution in [1.82, 2.24) is 14.5 Å². The predicted octanol–water partition coefficient (Wildman–Crippen LogP) is 9.47. The van der Waals surface area contributed by atoms with Gasteiger partial charge in [0.15, 0.2) is 0 Å². The minimum atomic E-state index is -0.352. The highest BCUT2D eigenvalue weighted by Gasteiger charge is 2.27. The van der Waals surface area contributed by atoms with Crippen LogP contribution in [-0.4, -0.2) is 14.5 Å². The number of pyridine rings is 2. The number of nitrogens with zero attached hydrogens (tertiary/aromatic N) is 3. The second kappa shape index (κ2) is 10.3. The number of benzene rings is 4. The van der Waals surface area contributed by atoms with Crippen LogP contribution in [0.4, 0.5) is 0 Å². The van der Waals surface area contributed by atoms with Crippen molar-refractivity contribution in [3.8, 4) is 22.5 Å². The molecule has 0 radical (unpaired) electrons. The van der Waals surface area contributed by atoms with Crippen LogP contribution in [0.15, 0.2) is 121 Å². The molecule has 3 aromatic heterocycles. The predicted molar refractivity (Wildman–Crippen MR) is 182 cm³/mol. The van der Waals surface area contributed by atoms with Gasteiger partial charge in [-0.05, 0) is 91.8 Å². The minimum Gasteiger partial charge on any atom is -0.344 e. The molecule has 0 spiro atoms. The van der Waals surface area contributed by atoms with E-state index >= 15 is 0 Å². The lowest BCUT2D eigenvalue weighted by molar-refractivity contribution is 0.597. The number of hydrogen-bond acceptors (Lipinski definition) is 2. The fraction of sp³-hybridized carbons (Fsp3) is 0.171. The first-order valence-electron chi connectivity index (χ1n) is 15.6. The molecule has 0 saturated heterocycles. The van der Waals surface area contributed by atoms with Crippen molar-refractivity contribution in [3.05, 3.63) is 155 Å². The molecule has 214 valence electrons. The van der Waals surface area contributed by atoms with Crippen molar-refractivity contribution in [2.75, 3.05) is 0 Å². The normalized spacial score (nSPS) is 14.2. The first-order valence-corrected chi connectivity index (χ1v) is 15.6. The van der Waals surface area contributed by atoms with Crippen LogP contribution in [-0.2, 0) is 31.7 Å². The molecular formula is C41H35N3. The van der Waals surface area contributed by atoms with Crippen molar-refractivity contribution < 1.29 is 0 Å². The highest BCUT2D eigenvalue weighted by Crippen LogP contribution is 2.34. The molecule has 10 heterocycles. The Morgan fingerprint density at radius 1 is 0.568 bits per heavy atom. The Balaban J connectivity index is 1.28. The zero-order valence-electron chi connectivity index (χ0n) is 25.5. The summed E-state index contributed by atoms with van der Waals surface area (Å²) in [5, 5.41) is 2.71. The van der Waals surface area contributed by atoms with Crippen LogP contribution in [0.1, 0.15) is 47.5 Å². The van der Waals surface area contributed by atoms with Gasteiger partial charge in [0, 0.05) is 45.4 Å². The first kappa shape index (κ1) is 26.6. The van der Waals surface area contributed by atoms with Crippen LogP contribution >= 0.6 is 0 Å². The van der Waals surface area contributed by atoms with E-state index in [4.69, 9.17) is 9.97 Å². The van der Waals surface area contributed by atoms with Gasteiger partial charge in [-0.15, -0.1) is 0 Å². The van der Waals surface area contributed by atoms with Gasteiger partial charge >= 0.3 is 0 Å². The van der Waals surface area contributed by atoms with Gasteiger partial charge in [0.2, 0.25) is 0 Å². The van der Waals surface area contributed by atoms with Gasteiger partial charge in [0.25, 0.3) is 0 Å². The Morgan fingerprint density at radius 3 is 1.82 bits per heavy atom. The van der Waals surface area contributed by atoms with E-state index in [9.17, 15) is 0 Å². The number of aryl methyl sites for hydroxylation is 3. The van der Waals surface area contributed by atoms with E-state index in [1.807, 2.05) is 0 Å². The number of rotatable bonds is 0. The third-order valence-electron chi connectivity index (χ3n) is 9.55. The Hall–Kier alpha value is -5.02. The minimum absolute atomic E-state index is 0.352. The molecule has 0 amide bonds. The molecule has 7 aromatic rings. The van der Waals surface area contributed by atoms with Crippen LogP contribution in [0.5, 0.6) is 0 Å². The second-order valence-electron chi connectivity index (χ2n) is 12.7. The van der Waals surface area contributed by atoms with Crippen molar-refractivity contribution in [2.45, 2.75) is 38.5 Å². The van der Waals surface area contributed by atoms with Crippen LogP contribution in [0, 0.1) is 0 Å². The quantitative estimate of drug-likeness (QED) is 0.182. The third kappa shape index (κ3) is 4.51. The molecule has 3 nitrogen and oxygen atoms in total. The summed E-state index contributed by atoms with van der Waals surface area (Å²) in [6, 6.07) is 44.3. The van der Waals surface area contributed by atoms with E-state index in [0.717, 1.165) is 53.2 Å². The lowest BCUT2D eigenvalue weighted by Gasteiger charge is -2.25. The summed E-state index contributed by atoms with van der Waals surface area (Å²) in [6.07, 6.45) is 2.88. The van der Waals surface area contributed by atoms with Crippen LogP contribution in [0.3, 0.4) is 0 Å². The largest absolute Gasteiger partial charge is 0.344 e. The van der Waals surface area contributed by atoms with Crippen molar-refractivity contribution in [3.63, 3.8) is 0 Å². The smallest absolute Gasteiger partial charge is 0.0705 e. The molecule has 0 N–H and O–H groups in total. The van der Waals surface area contributed by atoms with E-state index < -0.39 is 0 Å². The summed E-state index contributed by atoms with van der Waals surface area (Å²) < 4.78 is 2.36. The molecule has 3 heteroatoms. The summed E-state index contributed by atoms with van der Waals surface area (Å²) in [4.78, 5) is 10.3. The van der Waals surface area contributed by atoms with Gasteiger partial charge in [-0.2, -0.15) is 0 Å². The Morgan fingerprint density at radius 2 is 1.16 bits per heavy atom. The van der Waals surface area contributed by atoms with E-state index in [1.165, 1.54) is 44.1 Å². The molecule has 0 unspecified atom stereocenters. The molecule has 0 aliphatic carbocycles. The topological polar surface area (TPSA) is 30.7 Å². The molecule has 7 aliphatic heterocycles. The van der Waals surface area contributed by atoms with Gasteiger partial charge in [-0.1, -0.05) is 84.9 Å². The number of hydrogen-bond donors (Lipinski definition) is 0. The zero-order valence-corrected chi connectivity index (χ0v) is 25.5. The molecule has 12 bridgehead atoms. The van der Waals surface area contributed by atoms with Gasteiger partial charge in [0.1, 0.15) is 0 Å². The fourth-order valence-corrected chi connectivity index (χ4v) is 6.86. The molecule has 4 aromatic carbocycles. The van der Waals surface area contributed by atoms with Crippen LogP contribution < -0.4 is 0 Å². The van der Waals surface area contributed by atoms with E-state index in [0.29, 0.717) is 0 Å². The maximum Gasteiger partial charge on any atom is 0.0705 e. The standard InChI is InChI=1S/C41H35N3/c1-41(2)38-11-5-8-34(42-38)30-19-13-27(14-20-30)15-23-32-7-4-10-36-40(32)33-24-18-29(26-37(33)44(36)3)25-28-16-21-31(22-17-28)35-9-6-12-39(41)43-35/h4-14,16-22,24,26H,15,23,25H2,1-3H3. The lowest BCUT2D eigenvalue weighted by atomic mass is 9.84. The van der Waals surface area contributed by atoms with Crippen LogP contribution in [0.2, 0.25) is 0 Å². The SMILES string of the molecule is Cn1c2cc3ccc2c2c(cccc21)CCc1ccc(cc1)-c1cccc(n1)C(C)(C)c1cccc(n1)-c1ccc(cc1)C3. The molecule has 0 fully saturated rings. The lowest BCUT2D eigenvalue weighted by Crippen LogP contribution is -2.22. The Kier molecular flexibility index (Phi) is 6.23. The van der Waals surface area contributed by atoms with Crippen LogP contribution in [0.25, 0.3) is 44.3 Å².